The topological polar surface area (TPSA) is 90.7 Å². The molecule has 1 saturated carbocycles. The van der Waals surface area contributed by atoms with E-state index < -0.39 is 39.9 Å². The molecule has 1 aliphatic carbocycles. The summed E-state index contributed by atoms with van der Waals surface area (Å²) in [6, 6.07) is 21.2. The molecule has 2 heterocycles. The number of esters is 1. The number of ether oxygens (including phenoxy) is 1. The molecule has 0 amide bonds. The minimum Gasteiger partial charge on any atom is -0.425 e. The number of ketones is 2. The van der Waals surface area contributed by atoms with Crippen molar-refractivity contribution in [3.63, 3.8) is 0 Å². The molecule has 35 heavy (non-hydrogen) atoms. The molecule has 3 atom stereocenters. The molecule has 0 spiro atoms. The molecule has 0 radical (unpaired) electrons. The third-order valence-corrected chi connectivity index (χ3v) is 7.58. The first-order valence-corrected chi connectivity index (χ1v) is 11.4. The predicted octanol–water partition coefficient (Wildman–Crippen LogP) is 5.22. The van der Waals surface area contributed by atoms with Gasteiger partial charge in [-0.3, -0.25) is 14.4 Å². The van der Waals surface area contributed by atoms with Crippen molar-refractivity contribution in [2.75, 3.05) is 0 Å². The molecule has 0 bridgehead atoms. The lowest BCUT2D eigenvalue weighted by Crippen LogP contribution is -2.40. The summed E-state index contributed by atoms with van der Waals surface area (Å²) < 4.78 is 11.0. The maximum atomic E-state index is 14.1. The Bertz CT molecular complexity index is 1640. The van der Waals surface area contributed by atoms with Crippen LogP contribution in [0.4, 0.5) is 0 Å². The quantitative estimate of drug-likeness (QED) is 0.130. The molecule has 1 aromatic heterocycles. The molecule has 4 aromatic rings. The van der Waals surface area contributed by atoms with Crippen molar-refractivity contribution in [3.05, 3.63) is 111 Å². The highest BCUT2D eigenvalue weighted by atomic mass is 35.5. The van der Waals surface area contributed by atoms with Crippen LogP contribution in [0.1, 0.15) is 39.1 Å². The molecular formula is C28H17ClO6. The zero-order valence-electron chi connectivity index (χ0n) is 18.4. The number of fused-ring (bicyclic) bond motifs is 4. The molecule has 7 heteroatoms. The fourth-order valence-corrected chi connectivity index (χ4v) is 5.72. The first-order valence-electron chi connectivity index (χ1n) is 11.0. The van der Waals surface area contributed by atoms with E-state index in [4.69, 9.17) is 20.8 Å². The summed E-state index contributed by atoms with van der Waals surface area (Å²) in [7, 11) is 0. The van der Waals surface area contributed by atoms with E-state index in [0.717, 1.165) is 0 Å². The maximum absolute atomic E-state index is 14.1. The Hall–Kier alpha value is -4.03. The summed E-state index contributed by atoms with van der Waals surface area (Å²) in [4.78, 5) is 54.5. The standard InChI is InChI=1S/C28H17ClO6/c1-27(23(30)15-10-12-17(29)13-11-15)22-18-7-3-5-9-21(18)35-26(33)28(22,27)24(31)19-14-16-6-2-4-8-20(16)34-25(19)32/h2-14,22H,1H3/t22-,27+,28+/m1/s1. The van der Waals surface area contributed by atoms with Gasteiger partial charge in [-0.25, -0.2) is 4.79 Å². The Morgan fingerprint density at radius 1 is 0.886 bits per heavy atom. The average Bonchev–Trinajstić information content (AvgIpc) is 3.46. The van der Waals surface area contributed by atoms with Crippen LogP contribution in [0.25, 0.3) is 11.0 Å². The van der Waals surface area contributed by atoms with Crippen LogP contribution in [0.15, 0.2) is 88.1 Å². The van der Waals surface area contributed by atoms with Crippen molar-refractivity contribution in [3.8, 4) is 5.75 Å². The van der Waals surface area contributed by atoms with Crippen molar-refractivity contribution in [2.24, 2.45) is 10.8 Å². The van der Waals surface area contributed by atoms with E-state index in [1.54, 1.807) is 79.7 Å². The summed E-state index contributed by atoms with van der Waals surface area (Å²) in [5.74, 6) is -2.57. The van der Waals surface area contributed by atoms with Gasteiger partial charge >= 0.3 is 11.6 Å². The lowest BCUT2D eigenvalue weighted by molar-refractivity contribution is -0.140. The van der Waals surface area contributed by atoms with E-state index in [-0.39, 0.29) is 5.56 Å². The van der Waals surface area contributed by atoms with E-state index in [0.29, 0.717) is 32.9 Å². The average molecular weight is 485 g/mol. The van der Waals surface area contributed by atoms with E-state index in [1.807, 2.05) is 0 Å². The van der Waals surface area contributed by atoms with Crippen molar-refractivity contribution in [1.29, 1.82) is 0 Å². The minimum absolute atomic E-state index is 0.294. The van der Waals surface area contributed by atoms with Crippen LogP contribution in [-0.4, -0.2) is 17.5 Å². The second-order valence-electron chi connectivity index (χ2n) is 9.02. The Balaban J connectivity index is 1.58. The Labute approximate surface area is 204 Å². The number of hydrogen-bond donors (Lipinski definition) is 0. The smallest absolute Gasteiger partial charge is 0.347 e. The Morgan fingerprint density at radius 3 is 2.34 bits per heavy atom. The molecule has 1 aliphatic heterocycles. The van der Waals surface area contributed by atoms with Gasteiger partial charge in [-0.2, -0.15) is 0 Å². The van der Waals surface area contributed by atoms with Crippen LogP contribution in [0.5, 0.6) is 5.75 Å². The summed E-state index contributed by atoms with van der Waals surface area (Å²) >= 11 is 6.00. The highest BCUT2D eigenvalue weighted by Crippen LogP contribution is 2.79. The molecule has 172 valence electrons. The second-order valence-corrected chi connectivity index (χ2v) is 9.46. The number of benzene rings is 3. The van der Waals surface area contributed by atoms with Crippen LogP contribution < -0.4 is 10.4 Å². The van der Waals surface area contributed by atoms with Gasteiger partial charge in [0.2, 0.25) is 0 Å². The summed E-state index contributed by atoms with van der Waals surface area (Å²) in [5, 5.41) is 0.976. The molecule has 0 saturated heterocycles. The summed E-state index contributed by atoms with van der Waals surface area (Å²) in [5.41, 5.74) is -3.38. The molecule has 0 N–H and O–H groups in total. The third-order valence-electron chi connectivity index (χ3n) is 7.32. The first kappa shape index (κ1) is 21.5. The van der Waals surface area contributed by atoms with E-state index in [1.165, 1.54) is 6.07 Å². The Morgan fingerprint density at radius 2 is 1.57 bits per heavy atom. The zero-order valence-corrected chi connectivity index (χ0v) is 19.2. The van der Waals surface area contributed by atoms with Crippen LogP contribution in [0.3, 0.4) is 0 Å². The third kappa shape index (κ3) is 2.71. The van der Waals surface area contributed by atoms with E-state index in [2.05, 4.69) is 0 Å². The van der Waals surface area contributed by atoms with Gasteiger partial charge in [0, 0.05) is 27.5 Å². The molecule has 6 nitrogen and oxygen atoms in total. The number of rotatable bonds is 4. The molecule has 3 aromatic carbocycles. The number of carbonyl (C=O) groups excluding carboxylic acids is 3. The van der Waals surface area contributed by atoms with Crippen LogP contribution >= 0.6 is 11.6 Å². The predicted molar refractivity (Wildman–Crippen MR) is 128 cm³/mol. The van der Waals surface area contributed by atoms with Gasteiger partial charge < -0.3 is 9.15 Å². The molecule has 2 aliphatic rings. The fourth-order valence-electron chi connectivity index (χ4n) is 5.59. The number of halogens is 1. The number of Topliss-reactive ketones (excluding diaryl/α,β-unsaturated/α-hetero) is 2. The number of para-hydroxylation sites is 2. The van der Waals surface area contributed by atoms with Gasteiger partial charge in [-0.05, 0) is 42.5 Å². The van der Waals surface area contributed by atoms with Crippen LogP contribution in [-0.2, 0) is 4.79 Å². The van der Waals surface area contributed by atoms with Gasteiger partial charge in [0.25, 0.3) is 0 Å². The van der Waals surface area contributed by atoms with Crippen molar-refractivity contribution >= 4 is 40.1 Å². The monoisotopic (exact) mass is 484 g/mol. The maximum Gasteiger partial charge on any atom is 0.347 e. The first-order chi connectivity index (χ1) is 16.8. The molecule has 6 rings (SSSR count). The number of carbonyl (C=O) groups is 3. The normalized spacial score (nSPS) is 24.3. The van der Waals surface area contributed by atoms with Crippen LogP contribution in [0, 0.1) is 10.8 Å². The summed E-state index contributed by atoms with van der Waals surface area (Å²) in [6.07, 6.45) is 0. The van der Waals surface area contributed by atoms with Crippen molar-refractivity contribution in [1.82, 2.24) is 0 Å². The van der Waals surface area contributed by atoms with Gasteiger partial charge in [0.15, 0.2) is 17.0 Å². The molecule has 1 fully saturated rings. The van der Waals surface area contributed by atoms with Gasteiger partial charge in [-0.1, -0.05) is 54.9 Å². The SMILES string of the molecule is C[C@@]1(C(=O)c2ccc(Cl)cc2)[C@H]2c3ccccc3OC(=O)[C@@]21C(=O)c1cc2ccccc2oc1=O. The van der Waals surface area contributed by atoms with Crippen molar-refractivity contribution in [2.45, 2.75) is 12.8 Å². The largest absolute Gasteiger partial charge is 0.425 e. The minimum atomic E-state index is -1.91. The highest BCUT2D eigenvalue weighted by molar-refractivity contribution is 6.31. The van der Waals surface area contributed by atoms with Gasteiger partial charge in [-0.15, -0.1) is 0 Å². The van der Waals surface area contributed by atoms with E-state index >= 15 is 0 Å². The Kier molecular flexibility index (Phi) is 4.44. The van der Waals surface area contributed by atoms with Gasteiger partial charge in [0.05, 0.1) is 5.41 Å². The lowest BCUT2D eigenvalue weighted by Gasteiger charge is -2.22. The van der Waals surface area contributed by atoms with Crippen molar-refractivity contribution < 1.29 is 23.5 Å². The van der Waals surface area contributed by atoms with Gasteiger partial charge in [0.1, 0.15) is 16.9 Å². The van der Waals surface area contributed by atoms with E-state index in [9.17, 15) is 19.2 Å². The molecular weight excluding hydrogens is 468 g/mol. The number of hydrogen-bond acceptors (Lipinski definition) is 6. The fraction of sp³-hybridized carbons (Fsp3) is 0.143. The lowest BCUT2D eigenvalue weighted by atomic mass is 9.82. The molecule has 0 unspecified atom stereocenters. The highest BCUT2D eigenvalue weighted by Gasteiger charge is 2.87. The van der Waals surface area contributed by atoms with Crippen LogP contribution in [0.2, 0.25) is 5.02 Å². The summed E-state index contributed by atoms with van der Waals surface area (Å²) in [6.45, 7) is 1.58. The second kappa shape index (κ2) is 7.23. The zero-order chi connectivity index (χ0) is 24.5.